The standard InChI is InChI=1S/C10H22O3/c1-6-13-9(10(2,3)4)8(11)7-12-5/h8-9,11H,6-7H2,1-5H3. The second-order valence-electron chi connectivity index (χ2n) is 4.26. The summed E-state index contributed by atoms with van der Waals surface area (Å²) in [5, 5.41) is 9.73. The van der Waals surface area contributed by atoms with E-state index in [2.05, 4.69) is 0 Å². The minimum absolute atomic E-state index is 0.0616. The summed E-state index contributed by atoms with van der Waals surface area (Å²) in [5.74, 6) is 0. The Kier molecular flexibility index (Phi) is 5.53. The van der Waals surface area contributed by atoms with E-state index in [4.69, 9.17) is 9.47 Å². The molecule has 0 rings (SSSR count). The zero-order valence-corrected chi connectivity index (χ0v) is 9.33. The maximum Gasteiger partial charge on any atom is 0.104 e. The summed E-state index contributed by atoms with van der Waals surface area (Å²) in [7, 11) is 1.58. The normalized spacial score (nSPS) is 17.1. The zero-order chi connectivity index (χ0) is 10.5. The highest BCUT2D eigenvalue weighted by molar-refractivity contribution is 4.81. The van der Waals surface area contributed by atoms with Crippen LogP contribution in [0.3, 0.4) is 0 Å². The second-order valence-corrected chi connectivity index (χ2v) is 4.26. The number of hydrogen-bond acceptors (Lipinski definition) is 3. The van der Waals surface area contributed by atoms with Crippen LogP contribution in [0.4, 0.5) is 0 Å². The number of methoxy groups -OCH3 is 1. The van der Waals surface area contributed by atoms with Crippen LogP contribution in [0.2, 0.25) is 0 Å². The van der Waals surface area contributed by atoms with Crippen molar-refractivity contribution in [2.75, 3.05) is 20.3 Å². The van der Waals surface area contributed by atoms with Gasteiger partial charge in [-0.2, -0.15) is 0 Å². The lowest BCUT2D eigenvalue weighted by Crippen LogP contribution is -2.42. The Morgan fingerprint density at radius 2 is 1.85 bits per heavy atom. The fourth-order valence-electron chi connectivity index (χ4n) is 1.38. The van der Waals surface area contributed by atoms with Crippen molar-refractivity contribution in [2.45, 2.75) is 39.9 Å². The molecular weight excluding hydrogens is 168 g/mol. The Balaban J connectivity index is 4.23. The predicted octanol–water partition coefficient (Wildman–Crippen LogP) is 1.44. The van der Waals surface area contributed by atoms with Crippen LogP contribution >= 0.6 is 0 Å². The Hall–Kier alpha value is -0.120. The average Bonchev–Trinajstić information content (AvgIpc) is 1.98. The van der Waals surface area contributed by atoms with Gasteiger partial charge in [0.25, 0.3) is 0 Å². The third kappa shape index (κ3) is 4.60. The van der Waals surface area contributed by atoms with E-state index >= 15 is 0 Å². The van der Waals surface area contributed by atoms with Crippen LogP contribution in [0.15, 0.2) is 0 Å². The average molecular weight is 190 g/mol. The number of hydrogen-bond donors (Lipinski definition) is 1. The van der Waals surface area contributed by atoms with Gasteiger partial charge in [0.15, 0.2) is 0 Å². The van der Waals surface area contributed by atoms with E-state index in [0.29, 0.717) is 13.2 Å². The molecule has 0 amide bonds. The van der Waals surface area contributed by atoms with Crippen LogP contribution in [0.25, 0.3) is 0 Å². The number of aliphatic hydroxyl groups excluding tert-OH is 1. The third-order valence-corrected chi connectivity index (χ3v) is 1.89. The van der Waals surface area contributed by atoms with Crippen molar-refractivity contribution in [3.63, 3.8) is 0 Å². The lowest BCUT2D eigenvalue weighted by atomic mass is 9.86. The molecule has 3 nitrogen and oxygen atoms in total. The molecule has 1 N–H and O–H groups in total. The molecule has 0 aromatic heterocycles. The van der Waals surface area contributed by atoms with E-state index in [0.717, 1.165) is 0 Å². The molecule has 0 aromatic rings. The Bertz CT molecular complexity index is 129. The predicted molar refractivity (Wildman–Crippen MR) is 52.8 cm³/mol. The van der Waals surface area contributed by atoms with Crippen LogP contribution in [0.5, 0.6) is 0 Å². The third-order valence-electron chi connectivity index (χ3n) is 1.89. The fourth-order valence-corrected chi connectivity index (χ4v) is 1.38. The second kappa shape index (κ2) is 5.58. The van der Waals surface area contributed by atoms with Gasteiger partial charge in [0, 0.05) is 13.7 Å². The van der Waals surface area contributed by atoms with Crippen LogP contribution in [-0.4, -0.2) is 37.6 Å². The molecule has 0 aromatic carbocycles. The molecular formula is C10H22O3. The van der Waals surface area contributed by atoms with Gasteiger partial charge >= 0.3 is 0 Å². The van der Waals surface area contributed by atoms with Crippen molar-refractivity contribution in [1.29, 1.82) is 0 Å². The lowest BCUT2D eigenvalue weighted by Gasteiger charge is -2.33. The molecule has 0 spiro atoms. The van der Waals surface area contributed by atoms with Gasteiger partial charge < -0.3 is 14.6 Å². The summed E-state index contributed by atoms with van der Waals surface area (Å²) in [4.78, 5) is 0. The van der Waals surface area contributed by atoms with Crippen molar-refractivity contribution in [1.82, 2.24) is 0 Å². The van der Waals surface area contributed by atoms with E-state index < -0.39 is 6.10 Å². The molecule has 0 radical (unpaired) electrons. The van der Waals surface area contributed by atoms with Gasteiger partial charge in [0.1, 0.15) is 6.10 Å². The topological polar surface area (TPSA) is 38.7 Å². The minimum Gasteiger partial charge on any atom is -0.388 e. The summed E-state index contributed by atoms with van der Waals surface area (Å²) in [6.45, 7) is 9.01. The maximum absolute atomic E-state index is 9.73. The van der Waals surface area contributed by atoms with Gasteiger partial charge in [0.05, 0.1) is 12.7 Å². The maximum atomic E-state index is 9.73. The van der Waals surface area contributed by atoms with Gasteiger partial charge in [-0.1, -0.05) is 20.8 Å². The summed E-state index contributed by atoms with van der Waals surface area (Å²) in [6.07, 6.45) is -0.720. The van der Waals surface area contributed by atoms with Crippen LogP contribution in [0, 0.1) is 5.41 Å². The first-order valence-electron chi connectivity index (χ1n) is 4.72. The number of rotatable bonds is 5. The summed E-state index contributed by atoms with van der Waals surface area (Å²) in [6, 6.07) is 0. The number of aliphatic hydroxyl groups is 1. The monoisotopic (exact) mass is 190 g/mol. The van der Waals surface area contributed by atoms with Crippen LogP contribution in [0.1, 0.15) is 27.7 Å². The highest BCUT2D eigenvalue weighted by atomic mass is 16.5. The summed E-state index contributed by atoms with van der Waals surface area (Å²) in [5.41, 5.74) is -0.0616. The molecule has 0 fully saturated rings. The van der Waals surface area contributed by atoms with Crippen LogP contribution < -0.4 is 0 Å². The first-order chi connectivity index (χ1) is 5.93. The van der Waals surface area contributed by atoms with Crippen LogP contribution in [-0.2, 0) is 9.47 Å². The van der Waals surface area contributed by atoms with Crippen molar-refractivity contribution in [3.05, 3.63) is 0 Å². The van der Waals surface area contributed by atoms with E-state index in [1.54, 1.807) is 7.11 Å². The summed E-state index contributed by atoms with van der Waals surface area (Å²) >= 11 is 0. The SMILES string of the molecule is CCOC(C(O)COC)C(C)(C)C. The smallest absolute Gasteiger partial charge is 0.104 e. The van der Waals surface area contributed by atoms with Crippen molar-refractivity contribution in [3.8, 4) is 0 Å². The first-order valence-corrected chi connectivity index (χ1v) is 4.72. The zero-order valence-electron chi connectivity index (χ0n) is 9.33. The summed E-state index contributed by atoms with van der Waals surface area (Å²) < 4.78 is 10.4. The largest absolute Gasteiger partial charge is 0.388 e. The molecule has 0 aliphatic rings. The highest BCUT2D eigenvalue weighted by Gasteiger charge is 2.31. The Morgan fingerprint density at radius 1 is 1.31 bits per heavy atom. The van der Waals surface area contributed by atoms with Crippen molar-refractivity contribution in [2.24, 2.45) is 5.41 Å². The van der Waals surface area contributed by atoms with Crippen molar-refractivity contribution >= 4 is 0 Å². The van der Waals surface area contributed by atoms with E-state index in [1.165, 1.54) is 0 Å². The van der Waals surface area contributed by atoms with Gasteiger partial charge in [-0.25, -0.2) is 0 Å². The van der Waals surface area contributed by atoms with E-state index in [-0.39, 0.29) is 11.5 Å². The van der Waals surface area contributed by atoms with Gasteiger partial charge in [-0.05, 0) is 12.3 Å². The molecule has 0 saturated carbocycles. The molecule has 2 unspecified atom stereocenters. The molecule has 0 bridgehead atoms. The molecule has 0 aliphatic carbocycles. The Morgan fingerprint density at radius 3 is 2.15 bits per heavy atom. The first kappa shape index (κ1) is 12.9. The molecule has 0 saturated heterocycles. The molecule has 3 heteroatoms. The van der Waals surface area contributed by atoms with E-state index in [9.17, 15) is 5.11 Å². The van der Waals surface area contributed by atoms with Crippen molar-refractivity contribution < 1.29 is 14.6 Å². The number of ether oxygens (including phenoxy) is 2. The van der Waals surface area contributed by atoms with Gasteiger partial charge in [-0.15, -0.1) is 0 Å². The quantitative estimate of drug-likeness (QED) is 0.713. The minimum atomic E-state index is -0.551. The van der Waals surface area contributed by atoms with E-state index in [1.807, 2.05) is 27.7 Å². The lowest BCUT2D eigenvalue weighted by molar-refractivity contribution is -0.107. The fraction of sp³-hybridized carbons (Fsp3) is 1.00. The molecule has 0 heterocycles. The Labute approximate surface area is 81.0 Å². The molecule has 80 valence electrons. The van der Waals surface area contributed by atoms with Gasteiger partial charge in [-0.3, -0.25) is 0 Å². The molecule has 0 aliphatic heterocycles. The highest BCUT2D eigenvalue weighted by Crippen LogP contribution is 2.25. The molecule has 13 heavy (non-hydrogen) atoms. The molecule has 2 atom stereocenters. The van der Waals surface area contributed by atoms with Gasteiger partial charge in [0.2, 0.25) is 0 Å².